The summed E-state index contributed by atoms with van der Waals surface area (Å²) in [5, 5.41) is 0.787. The molecule has 1 aromatic carbocycles. The fourth-order valence-electron chi connectivity index (χ4n) is 2.52. The van der Waals surface area contributed by atoms with Crippen LogP contribution >= 0.6 is 23.2 Å². The van der Waals surface area contributed by atoms with Gasteiger partial charge in [0.1, 0.15) is 0 Å². The number of hydrogen-bond donors (Lipinski definition) is 0. The molecule has 0 aliphatic carbocycles. The first-order valence-corrected chi connectivity index (χ1v) is 7.15. The molecule has 1 aliphatic rings. The van der Waals surface area contributed by atoms with Gasteiger partial charge in [-0.25, -0.2) is 0 Å². The Kier molecular flexibility index (Phi) is 4.72. The van der Waals surface area contributed by atoms with Crippen LogP contribution in [0.2, 0.25) is 5.02 Å². The van der Waals surface area contributed by atoms with Crippen molar-refractivity contribution in [2.45, 2.75) is 31.1 Å². The second-order valence-corrected chi connectivity index (χ2v) is 5.59. The lowest BCUT2D eigenvalue weighted by Gasteiger charge is -2.16. The average molecular weight is 272 g/mol. The highest BCUT2D eigenvalue weighted by atomic mass is 35.5. The maximum atomic E-state index is 6.10. The van der Waals surface area contributed by atoms with Crippen LogP contribution in [0.1, 0.15) is 36.3 Å². The Morgan fingerprint density at radius 1 is 1.29 bits per heavy atom. The lowest BCUT2D eigenvalue weighted by atomic mass is 9.91. The van der Waals surface area contributed by atoms with E-state index >= 15 is 0 Å². The normalized spacial score (nSPS) is 22.4. The fourth-order valence-corrected chi connectivity index (χ4v) is 3.00. The lowest BCUT2D eigenvalue weighted by Crippen LogP contribution is -2.18. The lowest BCUT2D eigenvalue weighted by molar-refractivity contribution is 0.347. The summed E-state index contributed by atoms with van der Waals surface area (Å²) in [4.78, 5) is 2.42. The highest BCUT2D eigenvalue weighted by molar-refractivity contribution is 6.32. The summed E-state index contributed by atoms with van der Waals surface area (Å²) in [6.07, 6.45) is 3.79. The van der Waals surface area contributed by atoms with E-state index in [4.69, 9.17) is 23.2 Å². The van der Waals surface area contributed by atoms with Gasteiger partial charge in [0.2, 0.25) is 0 Å². The van der Waals surface area contributed by atoms with Gasteiger partial charge in [-0.1, -0.05) is 23.7 Å². The minimum atomic E-state index is 0.499. The van der Waals surface area contributed by atoms with Gasteiger partial charge >= 0.3 is 0 Å². The molecule has 1 nitrogen and oxygen atoms in total. The molecule has 1 unspecified atom stereocenters. The Hall–Kier alpha value is -0.240. The van der Waals surface area contributed by atoms with Crippen LogP contribution in [0.4, 0.5) is 0 Å². The maximum absolute atomic E-state index is 6.10. The molecule has 0 bridgehead atoms. The van der Waals surface area contributed by atoms with E-state index in [1.54, 1.807) is 0 Å². The highest BCUT2D eigenvalue weighted by Gasteiger charge is 2.17. The molecule has 0 N–H and O–H groups in total. The Morgan fingerprint density at radius 3 is 2.88 bits per heavy atom. The molecule has 17 heavy (non-hydrogen) atoms. The van der Waals surface area contributed by atoms with E-state index in [-0.39, 0.29) is 0 Å². The summed E-state index contributed by atoms with van der Waals surface area (Å²) < 4.78 is 0. The van der Waals surface area contributed by atoms with E-state index in [0.717, 1.165) is 10.6 Å². The van der Waals surface area contributed by atoms with Crippen LogP contribution in [0.25, 0.3) is 0 Å². The molecule has 1 fully saturated rings. The number of alkyl halides is 1. The predicted octanol–water partition coefficient (Wildman–Crippen LogP) is 4.28. The molecule has 0 amide bonds. The maximum Gasteiger partial charge on any atom is 0.0488 e. The van der Waals surface area contributed by atoms with Crippen molar-refractivity contribution in [2.24, 2.45) is 0 Å². The molecular formula is C14H19Cl2N. The first kappa shape index (κ1) is 13.2. The van der Waals surface area contributed by atoms with Crippen LogP contribution in [-0.4, -0.2) is 25.0 Å². The molecule has 94 valence electrons. The molecule has 0 spiro atoms. The van der Waals surface area contributed by atoms with Gasteiger partial charge in [-0.2, -0.15) is 0 Å². The second-order valence-electron chi connectivity index (χ2n) is 4.92. The molecule has 1 saturated heterocycles. The second kappa shape index (κ2) is 6.08. The number of hydrogen-bond acceptors (Lipinski definition) is 1. The van der Waals surface area contributed by atoms with Crippen molar-refractivity contribution in [1.82, 2.24) is 4.90 Å². The van der Waals surface area contributed by atoms with E-state index in [0.29, 0.717) is 11.8 Å². The first-order valence-electron chi connectivity index (χ1n) is 6.23. The van der Waals surface area contributed by atoms with Crippen LogP contribution in [0.3, 0.4) is 0 Å². The van der Waals surface area contributed by atoms with Gasteiger partial charge in [-0.15, -0.1) is 11.6 Å². The van der Waals surface area contributed by atoms with Crippen molar-refractivity contribution < 1.29 is 0 Å². The number of halogens is 2. The molecule has 0 radical (unpaired) electrons. The smallest absolute Gasteiger partial charge is 0.0488 e. The van der Waals surface area contributed by atoms with Crippen molar-refractivity contribution >= 4 is 23.2 Å². The number of rotatable bonds is 2. The standard InChI is InChI=1S/C14H19Cl2N/c1-17-7-2-3-11(6-8-17)12-4-5-14(16)13(9-12)10-15/h4-5,9,11H,2-3,6-8,10H2,1H3. The monoisotopic (exact) mass is 271 g/mol. The van der Waals surface area contributed by atoms with Crippen LogP contribution in [0.15, 0.2) is 18.2 Å². The van der Waals surface area contributed by atoms with E-state index in [9.17, 15) is 0 Å². The summed E-state index contributed by atoms with van der Waals surface area (Å²) in [5.74, 6) is 1.17. The van der Waals surface area contributed by atoms with E-state index in [2.05, 4.69) is 24.1 Å². The highest BCUT2D eigenvalue weighted by Crippen LogP contribution is 2.30. The third-order valence-electron chi connectivity index (χ3n) is 3.64. The number of nitrogens with zero attached hydrogens (tertiary/aromatic N) is 1. The van der Waals surface area contributed by atoms with Gasteiger partial charge in [-0.3, -0.25) is 0 Å². The minimum absolute atomic E-state index is 0.499. The summed E-state index contributed by atoms with van der Waals surface area (Å²) in [6.45, 7) is 2.40. The molecule has 0 saturated carbocycles. The zero-order chi connectivity index (χ0) is 12.3. The molecule has 3 heteroatoms. The van der Waals surface area contributed by atoms with Crippen molar-refractivity contribution in [3.05, 3.63) is 34.3 Å². The molecule has 1 atom stereocenters. The van der Waals surface area contributed by atoms with Crippen LogP contribution in [0.5, 0.6) is 0 Å². The molecule has 0 aromatic heterocycles. The molecule has 2 rings (SSSR count). The summed E-state index contributed by atoms with van der Waals surface area (Å²) >= 11 is 12.0. The van der Waals surface area contributed by atoms with Gasteiger partial charge in [-0.05, 0) is 62.5 Å². The van der Waals surface area contributed by atoms with Crippen molar-refractivity contribution in [3.63, 3.8) is 0 Å². The molecular weight excluding hydrogens is 253 g/mol. The van der Waals surface area contributed by atoms with Crippen LogP contribution < -0.4 is 0 Å². The van der Waals surface area contributed by atoms with Crippen LogP contribution in [0, 0.1) is 0 Å². The topological polar surface area (TPSA) is 3.24 Å². The van der Waals surface area contributed by atoms with Crippen LogP contribution in [-0.2, 0) is 5.88 Å². The van der Waals surface area contributed by atoms with E-state index in [1.165, 1.54) is 37.9 Å². The summed E-state index contributed by atoms with van der Waals surface area (Å²) in [6, 6.07) is 6.34. The number of likely N-dealkylation sites (tertiary alicyclic amines) is 1. The largest absolute Gasteiger partial charge is 0.306 e. The average Bonchev–Trinajstić information content (AvgIpc) is 2.55. The third-order valence-corrected chi connectivity index (χ3v) is 4.29. The Morgan fingerprint density at radius 2 is 2.12 bits per heavy atom. The quantitative estimate of drug-likeness (QED) is 0.726. The molecule has 1 aromatic rings. The molecule has 1 aliphatic heterocycles. The van der Waals surface area contributed by atoms with E-state index < -0.39 is 0 Å². The van der Waals surface area contributed by atoms with Crippen molar-refractivity contribution in [3.8, 4) is 0 Å². The van der Waals surface area contributed by atoms with Gasteiger partial charge in [0.05, 0.1) is 0 Å². The Balaban J connectivity index is 2.15. The molecule has 1 heterocycles. The zero-order valence-electron chi connectivity index (χ0n) is 10.3. The number of benzene rings is 1. The van der Waals surface area contributed by atoms with Gasteiger partial charge in [0.25, 0.3) is 0 Å². The van der Waals surface area contributed by atoms with Gasteiger partial charge in [0.15, 0.2) is 0 Å². The predicted molar refractivity (Wildman–Crippen MR) is 75.1 cm³/mol. The Labute approximate surface area is 114 Å². The summed E-state index contributed by atoms with van der Waals surface area (Å²) in [5.41, 5.74) is 2.46. The van der Waals surface area contributed by atoms with Gasteiger partial charge in [0, 0.05) is 10.9 Å². The third kappa shape index (κ3) is 3.37. The minimum Gasteiger partial charge on any atom is -0.306 e. The van der Waals surface area contributed by atoms with Gasteiger partial charge < -0.3 is 4.90 Å². The van der Waals surface area contributed by atoms with Crippen molar-refractivity contribution in [1.29, 1.82) is 0 Å². The fraction of sp³-hybridized carbons (Fsp3) is 0.571. The van der Waals surface area contributed by atoms with E-state index in [1.807, 2.05) is 6.07 Å². The zero-order valence-corrected chi connectivity index (χ0v) is 11.8. The summed E-state index contributed by atoms with van der Waals surface area (Å²) in [7, 11) is 2.20. The Bertz CT molecular complexity index is 378. The van der Waals surface area contributed by atoms with Crippen molar-refractivity contribution in [2.75, 3.05) is 20.1 Å². The first-order chi connectivity index (χ1) is 8.20. The SMILES string of the molecule is CN1CCCC(c2ccc(Cl)c(CCl)c2)CC1.